The van der Waals surface area contributed by atoms with Gasteiger partial charge in [-0.25, -0.2) is 0 Å². The average Bonchev–Trinajstić information content (AvgIpc) is 2.68. The van der Waals surface area contributed by atoms with E-state index in [0.29, 0.717) is 12.3 Å². The van der Waals surface area contributed by atoms with Crippen molar-refractivity contribution in [1.82, 2.24) is 0 Å². The number of aliphatic hydroxyl groups is 2. The Morgan fingerprint density at radius 1 is 1.50 bits per heavy atom. The summed E-state index contributed by atoms with van der Waals surface area (Å²) in [7, 11) is 0. The van der Waals surface area contributed by atoms with E-state index in [1.807, 2.05) is 0 Å². The molecule has 2 atom stereocenters. The van der Waals surface area contributed by atoms with Gasteiger partial charge >= 0.3 is 0 Å². The number of aliphatic hydroxyl groups excluding tert-OH is 2. The fraction of sp³-hybridized carbons (Fsp3) is 1.00. The van der Waals surface area contributed by atoms with Crippen LogP contribution in [0.1, 0.15) is 19.3 Å². The lowest BCUT2D eigenvalue weighted by molar-refractivity contribution is 0.119. The molecule has 0 saturated heterocycles. The van der Waals surface area contributed by atoms with Gasteiger partial charge in [-0.3, -0.25) is 0 Å². The summed E-state index contributed by atoms with van der Waals surface area (Å²) in [6.45, 7) is -0.0240. The van der Waals surface area contributed by atoms with Crippen LogP contribution in [0.15, 0.2) is 0 Å². The summed E-state index contributed by atoms with van der Waals surface area (Å²) in [5.41, 5.74) is 5.43. The van der Waals surface area contributed by atoms with Crippen LogP contribution in [0.25, 0.3) is 0 Å². The Kier molecular flexibility index (Phi) is 2.65. The molecule has 10 heavy (non-hydrogen) atoms. The highest BCUT2D eigenvalue weighted by Crippen LogP contribution is 2.34. The van der Waals surface area contributed by atoms with Crippen LogP contribution >= 0.6 is 0 Å². The molecular formula is C7H15NO2. The number of nitrogens with two attached hydrogens (primary N) is 1. The van der Waals surface area contributed by atoms with E-state index in [9.17, 15) is 5.11 Å². The first-order valence-electron chi connectivity index (χ1n) is 3.78. The zero-order valence-corrected chi connectivity index (χ0v) is 6.03. The predicted octanol–water partition coefficient (Wildman–Crippen LogP) is -0.533. The van der Waals surface area contributed by atoms with E-state index in [4.69, 9.17) is 10.8 Å². The van der Waals surface area contributed by atoms with Crippen LogP contribution in [0.2, 0.25) is 0 Å². The molecule has 3 nitrogen and oxygen atoms in total. The summed E-state index contributed by atoms with van der Waals surface area (Å²) in [5.74, 6) is 0.470. The maximum atomic E-state index is 9.30. The third-order valence-corrected chi connectivity index (χ3v) is 1.94. The van der Waals surface area contributed by atoms with E-state index < -0.39 is 0 Å². The van der Waals surface area contributed by atoms with Crippen molar-refractivity contribution < 1.29 is 10.2 Å². The first-order chi connectivity index (χ1) is 4.74. The molecule has 1 rings (SSSR count). The molecular weight excluding hydrogens is 130 g/mol. The number of hydrogen-bond donors (Lipinski definition) is 3. The highest BCUT2D eigenvalue weighted by molar-refractivity contribution is 4.83. The monoisotopic (exact) mass is 145 g/mol. The van der Waals surface area contributed by atoms with Gasteiger partial charge in [-0.2, -0.15) is 0 Å². The normalized spacial score (nSPS) is 24.3. The van der Waals surface area contributed by atoms with E-state index >= 15 is 0 Å². The maximum Gasteiger partial charge on any atom is 0.0584 e. The summed E-state index contributed by atoms with van der Waals surface area (Å²) in [4.78, 5) is 0. The first kappa shape index (κ1) is 7.98. The smallest absolute Gasteiger partial charge is 0.0584 e. The van der Waals surface area contributed by atoms with Crippen molar-refractivity contribution in [2.45, 2.75) is 31.4 Å². The van der Waals surface area contributed by atoms with Gasteiger partial charge in [-0.05, 0) is 25.2 Å². The first-order valence-corrected chi connectivity index (χ1v) is 3.78. The molecule has 1 saturated carbocycles. The van der Waals surface area contributed by atoms with Crippen molar-refractivity contribution >= 4 is 0 Å². The summed E-state index contributed by atoms with van der Waals surface area (Å²) in [6, 6.07) is -0.240. The van der Waals surface area contributed by atoms with Gasteiger partial charge in [-0.1, -0.05) is 0 Å². The molecule has 0 amide bonds. The summed E-state index contributed by atoms with van der Waals surface area (Å²) < 4.78 is 0. The topological polar surface area (TPSA) is 66.5 Å². The fourth-order valence-electron chi connectivity index (χ4n) is 1.06. The van der Waals surface area contributed by atoms with Crippen LogP contribution in [-0.4, -0.2) is 29.0 Å². The molecule has 60 valence electrons. The Morgan fingerprint density at radius 2 is 2.10 bits per heavy atom. The van der Waals surface area contributed by atoms with Crippen LogP contribution in [-0.2, 0) is 0 Å². The molecule has 0 aliphatic heterocycles. The fourth-order valence-corrected chi connectivity index (χ4v) is 1.06. The van der Waals surface area contributed by atoms with Crippen LogP contribution in [0, 0.1) is 5.92 Å². The quantitative estimate of drug-likeness (QED) is 0.498. The molecule has 4 N–H and O–H groups in total. The van der Waals surface area contributed by atoms with Crippen molar-refractivity contribution in [2.24, 2.45) is 11.7 Å². The average molecular weight is 145 g/mol. The second-order valence-corrected chi connectivity index (χ2v) is 3.08. The lowest BCUT2D eigenvalue weighted by Gasteiger charge is -2.12. The Bertz CT molecular complexity index is 104. The predicted molar refractivity (Wildman–Crippen MR) is 38.4 cm³/mol. The molecule has 0 aromatic heterocycles. The highest BCUT2D eigenvalue weighted by atomic mass is 16.3. The van der Waals surface area contributed by atoms with Gasteiger partial charge in [0.15, 0.2) is 0 Å². The molecule has 0 aromatic carbocycles. The largest absolute Gasteiger partial charge is 0.395 e. The minimum Gasteiger partial charge on any atom is -0.395 e. The van der Waals surface area contributed by atoms with Gasteiger partial charge in [0, 0.05) is 6.04 Å². The van der Waals surface area contributed by atoms with Gasteiger partial charge in [0.1, 0.15) is 0 Å². The summed E-state index contributed by atoms with van der Waals surface area (Å²) in [5, 5.41) is 17.8. The minimum atomic E-state index is -0.276. The SMILES string of the molecule is N[C@H](CO)C[C@H](O)C1CC1. The second kappa shape index (κ2) is 3.32. The van der Waals surface area contributed by atoms with E-state index in [1.54, 1.807) is 0 Å². The van der Waals surface area contributed by atoms with Crippen molar-refractivity contribution in [2.75, 3.05) is 6.61 Å². The Balaban J connectivity index is 2.10. The van der Waals surface area contributed by atoms with Gasteiger partial charge in [0.2, 0.25) is 0 Å². The molecule has 0 spiro atoms. The molecule has 1 aliphatic carbocycles. The zero-order chi connectivity index (χ0) is 7.56. The Morgan fingerprint density at radius 3 is 2.50 bits per heavy atom. The lowest BCUT2D eigenvalue weighted by atomic mass is 10.1. The van der Waals surface area contributed by atoms with Gasteiger partial charge in [0.25, 0.3) is 0 Å². The van der Waals surface area contributed by atoms with Crippen molar-refractivity contribution in [3.63, 3.8) is 0 Å². The van der Waals surface area contributed by atoms with E-state index in [0.717, 1.165) is 12.8 Å². The standard InChI is InChI=1S/C7H15NO2/c8-6(4-9)3-7(10)5-1-2-5/h5-7,9-10H,1-4,8H2/t6-,7-/m0/s1. The molecule has 1 fully saturated rings. The molecule has 0 unspecified atom stereocenters. The molecule has 0 aromatic rings. The van der Waals surface area contributed by atoms with Crippen molar-refractivity contribution in [3.8, 4) is 0 Å². The third kappa shape index (κ3) is 2.25. The van der Waals surface area contributed by atoms with Gasteiger partial charge < -0.3 is 15.9 Å². The zero-order valence-electron chi connectivity index (χ0n) is 6.03. The van der Waals surface area contributed by atoms with Gasteiger partial charge in [-0.15, -0.1) is 0 Å². The molecule has 0 bridgehead atoms. The molecule has 1 aliphatic rings. The van der Waals surface area contributed by atoms with E-state index in [-0.39, 0.29) is 18.8 Å². The molecule has 3 heteroatoms. The number of hydrogen-bond acceptors (Lipinski definition) is 3. The van der Waals surface area contributed by atoms with Crippen molar-refractivity contribution in [1.29, 1.82) is 0 Å². The van der Waals surface area contributed by atoms with Crippen LogP contribution in [0.3, 0.4) is 0 Å². The van der Waals surface area contributed by atoms with Gasteiger partial charge in [0.05, 0.1) is 12.7 Å². The van der Waals surface area contributed by atoms with Crippen LogP contribution < -0.4 is 5.73 Å². The Labute approximate surface area is 60.9 Å². The van der Waals surface area contributed by atoms with E-state index in [2.05, 4.69) is 0 Å². The van der Waals surface area contributed by atoms with E-state index in [1.165, 1.54) is 0 Å². The second-order valence-electron chi connectivity index (χ2n) is 3.08. The maximum absolute atomic E-state index is 9.30. The molecule has 0 heterocycles. The summed E-state index contributed by atoms with van der Waals surface area (Å²) >= 11 is 0. The lowest BCUT2D eigenvalue weighted by Crippen LogP contribution is -2.30. The highest BCUT2D eigenvalue weighted by Gasteiger charge is 2.30. The van der Waals surface area contributed by atoms with Crippen LogP contribution in [0.5, 0.6) is 0 Å². The minimum absolute atomic E-state index is 0.0240. The molecule has 0 radical (unpaired) electrons. The number of rotatable bonds is 4. The van der Waals surface area contributed by atoms with Crippen LogP contribution in [0.4, 0.5) is 0 Å². The third-order valence-electron chi connectivity index (χ3n) is 1.94. The summed E-state index contributed by atoms with van der Waals surface area (Å²) in [6.07, 6.45) is 2.52. The Hall–Kier alpha value is -0.120. The van der Waals surface area contributed by atoms with Crippen molar-refractivity contribution in [3.05, 3.63) is 0 Å².